The molecule has 0 radical (unpaired) electrons. The lowest BCUT2D eigenvalue weighted by molar-refractivity contribution is -0.0221. The van der Waals surface area contributed by atoms with E-state index in [1.165, 1.54) is 10.9 Å². The second-order valence-electron chi connectivity index (χ2n) is 7.82. The Morgan fingerprint density at radius 1 is 1.27 bits per heavy atom. The van der Waals surface area contributed by atoms with E-state index in [4.69, 9.17) is 10.5 Å². The van der Waals surface area contributed by atoms with Gasteiger partial charge in [-0.15, -0.1) is 0 Å². The van der Waals surface area contributed by atoms with Crippen LogP contribution in [0.4, 0.5) is 14.6 Å². The molecule has 1 aromatic carbocycles. The Hall–Kier alpha value is -3.62. The van der Waals surface area contributed by atoms with Crippen molar-refractivity contribution in [2.75, 3.05) is 24.5 Å². The van der Waals surface area contributed by atoms with Crippen molar-refractivity contribution >= 4 is 5.82 Å². The fourth-order valence-electron chi connectivity index (χ4n) is 3.55. The number of hydrogen-bond acceptors (Lipinski definition) is 8. The third-order valence-corrected chi connectivity index (χ3v) is 5.38. The average Bonchev–Trinajstić information content (AvgIpc) is 3.28. The van der Waals surface area contributed by atoms with Crippen molar-refractivity contribution in [1.82, 2.24) is 19.7 Å². The predicted molar refractivity (Wildman–Crippen MR) is 116 cm³/mol. The van der Waals surface area contributed by atoms with E-state index in [0.717, 1.165) is 0 Å². The first-order chi connectivity index (χ1) is 15.8. The quantitative estimate of drug-likeness (QED) is 0.581. The van der Waals surface area contributed by atoms with Gasteiger partial charge >= 0.3 is 0 Å². The normalized spacial score (nSPS) is 16.3. The molecule has 0 unspecified atom stereocenters. The highest BCUT2D eigenvalue weighted by Gasteiger charge is 2.34. The molecule has 0 bridgehead atoms. The molecule has 1 saturated heterocycles. The third kappa shape index (κ3) is 5.08. The summed E-state index contributed by atoms with van der Waals surface area (Å²) in [6, 6.07) is 8.49. The number of aliphatic hydroxyl groups is 1. The van der Waals surface area contributed by atoms with E-state index in [1.807, 2.05) is 0 Å². The predicted octanol–water partition coefficient (Wildman–Crippen LogP) is 2.86. The molecule has 172 valence electrons. The van der Waals surface area contributed by atoms with Crippen LogP contribution in [0.15, 0.2) is 36.7 Å². The van der Waals surface area contributed by atoms with Crippen LogP contribution in [0.1, 0.15) is 35.9 Å². The van der Waals surface area contributed by atoms with Gasteiger partial charge in [-0.1, -0.05) is 0 Å². The summed E-state index contributed by atoms with van der Waals surface area (Å²) < 4.78 is 34.6. The Kier molecular flexibility index (Phi) is 6.22. The van der Waals surface area contributed by atoms with Crippen molar-refractivity contribution in [2.24, 2.45) is 5.73 Å². The van der Waals surface area contributed by atoms with E-state index in [9.17, 15) is 19.1 Å². The van der Waals surface area contributed by atoms with E-state index in [1.54, 1.807) is 42.3 Å². The minimum atomic E-state index is -2.66. The van der Waals surface area contributed by atoms with Gasteiger partial charge in [0.25, 0.3) is 5.92 Å². The van der Waals surface area contributed by atoms with Gasteiger partial charge < -0.3 is 20.5 Å². The Morgan fingerprint density at radius 2 is 2.03 bits per heavy atom. The number of rotatable bonds is 6. The molecule has 1 aliphatic heterocycles. The summed E-state index contributed by atoms with van der Waals surface area (Å²) in [6.07, 6.45) is 1.79. The maximum absolute atomic E-state index is 13.5. The van der Waals surface area contributed by atoms with Gasteiger partial charge in [-0.2, -0.15) is 15.3 Å². The minimum absolute atomic E-state index is 0.0494. The van der Waals surface area contributed by atoms with Gasteiger partial charge in [0.15, 0.2) is 5.75 Å². The lowest BCUT2D eigenvalue weighted by Gasteiger charge is -2.32. The van der Waals surface area contributed by atoms with Crippen LogP contribution >= 0.6 is 0 Å². The van der Waals surface area contributed by atoms with Gasteiger partial charge in [-0.05, 0) is 19.1 Å². The number of aryl methyl sites for hydroxylation is 1. The summed E-state index contributed by atoms with van der Waals surface area (Å²) in [6.45, 7) is 2.10. The van der Waals surface area contributed by atoms with Crippen molar-refractivity contribution in [2.45, 2.75) is 31.8 Å². The van der Waals surface area contributed by atoms with E-state index in [2.05, 4.69) is 21.1 Å². The number of piperidine rings is 1. The number of benzene rings is 1. The minimum Gasteiger partial charge on any atom is -0.437 e. The van der Waals surface area contributed by atoms with Crippen LogP contribution < -0.4 is 15.4 Å². The molecule has 4 rings (SSSR count). The molecule has 0 aliphatic carbocycles. The van der Waals surface area contributed by atoms with E-state index >= 15 is 0 Å². The van der Waals surface area contributed by atoms with Crippen LogP contribution in [0.25, 0.3) is 5.69 Å². The smallest absolute Gasteiger partial charge is 0.251 e. The maximum Gasteiger partial charge on any atom is 0.251 e. The highest BCUT2D eigenvalue weighted by molar-refractivity contribution is 5.53. The molecular formula is C22H23F2N7O2. The lowest BCUT2D eigenvalue weighted by atomic mass is 10.1. The second kappa shape index (κ2) is 9.09. The summed E-state index contributed by atoms with van der Waals surface area (Å²) in [4.78, 5) is 10.5. The Balaban J connectivity index is 1.65. The zero-order valence-electron chi connectivity index (χ0n) is 17.9. The van der Waals surface area contributed by atoms with Crippen molar-refractivity contribution in [3.8, 4) is 23.4 Å². The highest BCUT2D eigenvalue weighted by Crippen LogP contribution is 2.33. The van der Waals surface area contributed by atoms with Gasteiger partial charge in [0, 0.05) is 56.4 Å². The third-order valence-electron chi connectivity index (χ3n) is 5.38. The number of nitrogens with zero attached hydrogens (tertiary/aromatic N) is 6. The molecule has 1 atom stereocenters. The van der Waals surface area contributed by atoms with Gasteiger partial charge in [0.05, 0.1) is 23.9 Å². The van der Waals surface area contributed by atoms with Gasteiger partial charge in [-0.25, -0.2) is 18.4 Å². The number of alkyl halides is 2. The number of hydrogen-bond donors (Lipinski definition) is 2. The summed E-state index contributed by atoms with van der Waals surface area (Å²) >= 11 is 0. The van der Waals surface area contributed by atoms with Crippen LogP contribution in [-0.2, 0) is 0 Å². The van der Waals surface area contributed by atoms with E-state index in [-0.39, 0.29) is 38.4 Å². The molecule has 1 fully saturated rings. The topological polar surface area (TPSA) is 126 Å². The number of aliphatic hydroxyl groups excluding tert-OH is 1. The first-order valence-corrected chi connectivity index (χ1v) is 10.4. The van der Waals surface area contributed by atoms with Crippen LogP contribution in [0, 0.1) is 18.3 Å². The number of anilines is 1. The molecule has 2 aromatic heterocycles. The van der Waals surface area contributed by atoms with Crippen molar-refractivity contribution in [3.63, 3.8) is 0 Å². The summed E-state index contributed by atoms with van der Waals surface area (Å²) in [5, 5.41) is 23.6. The molecule has 0 saturated carbocycles. The van der Waals surface area contributed by atoms with Gasteiger partial charge in [-0.3, -0.25) is 0 Å². The van der Waals surface area contributed by atoms with E-state index < -0.39 is 12.0 Å². The monoisotopic (exact) mass is 455 g/mol. The zero-order chi connectivity index (χ0) is 23.6. The Morgan fingerprint density at radius 3 is 2.73 bits per heavy atom. The highest BCUT2D eigenvalue weighted by atomic mass is 19.3. The number of ether oxygens (including phenoxy) is 1. The molecule has 3 heterocycles. The zero-order valence-corrected chi connectivity index (χ0v) is 17.9. The Bertz CT molecular complexity index is 1180. The van der Waals surface area contributed by atoms with E-state index in [0.29, 0.717) is 34.2 Å². The second-order valence-corrected chi connectivity index (χ2v) is 7.82. The Labute approximate surface area is 189 Å². The standard InChI is InChI=1S/C22H23F2N7O2/c1-14-28-20(30-6-4-22(23,24)5-7-30)9-21(29-14)33-19-8-15(10-25)2-3-17(19)31-13-16(12-27-31)18(32)11-26/h2-3,8-9,12-13,18,32H,4-7,11,26H2,1H3/t18-/m0/s1. The molecule has 0 spiro atoms. The molecule has 33 heavy (non-hydrogen) atoms. The number of nitriles is 1. The summed E-state index contributed by atoms with van der Waals surface area (Å²) in [5.41, 5.74) is 6.94. The first-order valence-electron chi connectivity index (χ1n) is 10.4. The number of aromatic nitrogens is 4. The molecule has 1 aliphatic rings. The van der Waals surface area contributed by atoms with Gasteiger partial charge in [0.2, 0.25) is 5.88 Å². The average molecular weight is 455 g/mol. The lowest BCUT2D eigenvalue weighted by Crippen LogP contribution is -2.39. The van der Waals surface area contributed by atoms with Crippen molar-refractivity contribution in [1.29, 1.82) is 5.26 Å². The van der Waals surface area contributed by atoms with Crippen LogP contribution in [-0.4, -0.2) is 50.4 Å². The van der Waals surface area contributed by atoms with Crippen molar-refractivity contribution < 1.29 is 18.6 Å². The summed E-state index contributed by atoms with van der Waals surface area (Å²) in [5.74, 6) is -1.23. The van der Waals surface area contributed by atoms with Crippen molar-refractivity contribution in [3.05, 3.63) is 53.6 Å². The molecule has 9 nitrogen and oxygen atoms in total. The molecule has 3 N–H and O–H groups in total. The molecule has 11 heteroatoms. The largest absolute Gasteiger partial charge is 0.437 e. The fourth-order valence-corrected chi connectivity index (χ4v) is 3.55. The molecule has 0 amide bonds. The molecule has 3 aromatic rings. The fraction of sp³-hybridized carbons (Fsp3) is 0.364. The summed E-state index contributed by atoms with van der Waals surface area (Å²) in [7, 11) is 0. The van der Waals surface area contributed by atoms with Crippen LogP contribution in [0.3, 0.4) is 0 Å². The van der Waals surface area contributed by atoms with Crippen LogP contribution in [0.2, 0.25) is 0 Å². The number of halogens is 2. The SMILES string of the molecule is Cc1nc(Oc2cc(C#N)ccc2-n2cc([C@@H](O)CN)cn2)cc(N2CCC(F)(F)CC2)n1. The van der Waals surface area contributed by atoms with Crippen LogP contribution in [0.5, 0.6) is 11.6 Å². The molecular weight excluding hydrogens is 432 g/mol. The maximum atomic E-state index is 13.5. The van der Waals surface area contributed by atoms with Gasteiger partial charge in [0.1, 0.15) is 17.3 Å². The first kappa shape index (κ1) is 22.6. The number of nitrogens with two attached hydrogens (primary N) is 1.